The predicted molar refractivity (Wildman–Crippen MR) is 111 cm³/mol. The van der Waals surface area contributed by atoms with Crippen LogP contribution in [-0.4, -0.2) is 81.3 Å². The third kappa shape index (κ3) is 6.07. The highest BCUT2D eigenvalue weighted by Gasteiger charge is 2.22. The van der Waals surface area contributed by atoms with E-state index in [4.69, 9.17) is 4.74 Å². The van der Waals surface area contributed by atoms with Crippen molar-refractivity contribution in [3.63, 3.8) is 0 Å². The van der Waals surface area contributed by atoms with Crippen molar-refractivity contribution in [1.82, 2.24) is 35.3 Å². The van der Waals surface area contributed by atoms with Crippen molar-refractivity contribution in [2.24, 2.45) is 0 Å². The van der Waals surface area contributed by atoms with Crippen LogP contribution in [0.15, 0.2) is 30.3 Å². The molecule has 162 valence electrons. The molecule has 9 heteroatoms. The molecule has 0 aliphatic carbocycles. The average Bonchev–Trinajstić information content (AvgIpc) is 3.21. The quantitative estimate of drug-likeness (QED) is 0.681. The molecule has 2 saturated heterocycles. The van der Waals surface area contributed by atoms with Crippen molar-refractivity contribution in [3.05, 3.63) is 41.7 Å². The summed E-state index contributed by atoms with van der Waals surface area (Å²) >= 11 is 0. The maximum atomic E-state index is 12.5. The molecule has 1 amide bonds. The summed E-state index contributed by atoms with van der Waals surface area (Å²) in [5.74, 6) is 0.866. The van der Waals surface area contributed by atoms with Gasteiger partial charge in [-0.15, -0.1) is 5.10 Å². The first-order chi connectivity index (χ1) is 14.8. The molecule has 0 bridgehead atoms. The first-order valence-electron chi connectivity index (χ1n) is 10.9. The van der Waals surface area contributed by atoms with Crippen LogP contribution >= 0.6 is 0 Å². The number of nitrogens with one attached hydrogen (secondary N) is 1. The van der Waals surface area contributed by atoms with Crippen molar-refractivity contribution in [1.29, 1.82) is 0 Å². The molecule has 9 nitrogen and oxygen atoms in total. The van der Waals surface area contributed by atoms with Gasteiger partial charge in [-0.2, -0.15) is 0 Å². The standard InChI is InChI=1S/C21H31N7O2/c29-21(8-10-28-20(23-24-25-28)17-26-11-13-30-14-12-26)22-19-7-4-9-27(16-19)15-18-5-2-1-3-6-18/h1-3,5-6,19H,4,7-17H2,(H,22,29)/t19-/m0/s1. The van der Waals surface area contributed by atoms with Gasteiger partial charge in [0.15, 0.2) is 5.82 Å². The number of ether oxygens (including phenoxy) is 1. The zero-order valence-electron chi connectivity index (χ0n) is 17.4. The molecule has 0 radical (unpaired) electrons. The van der Waals surface area contributed by atoms with E-state index >= 15 is 0 Å². The van der Waals surface area contributed by atoms with Crippen LogP contribution in [0.3, 0.4) is 0 Å². The summed E-state index contributed by atoms with van der Waals surface area (Å²) in [5, 5.41) is 15.2. The summed E-state index contributed by atoms with van der Waals surface area (Å²) in [7, 11) is 0. The number of benzene rings is 1. The van der Waals surface area contributed by atoms with Gasteiger partial charge in [0.25, 0.3) is 0 Å². The fraction of sp³-hybridized carbons (Fsp3) is 0.619. The molecule has 30 heavy (non-hydrogen) atoms. The van der Waals surface area contributed by atoms with Crippen molar-refractivity contribution in [3.8, 4) is 0 Å². The van der Waals surface area contributed by atoms with Gasteiger partial charge < -0.3 is 10.1 Å². The van der Waals surface area contributed by atoms with Gasteiger partial charge in [-0.3, -0.25) is 14.6 Å². The maximum Gasteiger partial charge on any atom is 0.222 e. The second kappa shape index (κ2) is 10.6. The van der Waals surface area contributed by atoms with Crippen LogP contribution in [0.25, 0.3) is 0 Å². The Labute approximate surface area is 177 Å². The number of piperidine rings is 1. The van der Waals surface area contributed by atoms with E-state index in [1.807, 2.05) is 6.07 Å². The second-order valence-corrected chi connectivity index (χ2v) is 8.08. The van der Waals surface area contributed by atoms with Crippen LogP contribution in [0.5, 0.6) is 0 Å². The Morgan fingerprint density at radius 1 is 1.10 bits per heavy atom. The number of amides is 1. The number of nitrogens with zero attached hydrogens (tertiary/aromatic N) is 6. The number of rotatable bonds is 8. The number of tetrazole rings is 1. The van der Waals surface area contributed by atoms with Gasteiger partial charge in [0, 0.05) is 38.6 Å². The van der Waals surface area contributed by atoms with E-state index < -0.39 is 0 Å². The van der Waals surface area contributed by atoms with E-state index in [0.717, 1.165) is 64.6 Å². The first-order valence-corrected chi connectivity index (χ1v) is 10.9. The van der Waals surface area contributed by atoms with E-state index in [9.17, 15) is 4.79 Å². The fourth-order valence-electron chi connectivity index (χ4n) is 4.14. The van der Waals surface area contributed by atoms with Crippen molar-refractivity contribution < 1.29 is 9.53 Å². The van der Waals surface area contributed by atoms with Crippen molar-refractivity contribution in [2.45, 2.75) is 44.9 Å². The molecule has 4 rings (SSSR count). The molecule has 2 aromatic rings. The number of carbonyl (C=O) groups is 1. The summed E-state index contributed by atoms with van der Waals surface area (Å²) in [4.78, 5) is 17.2. The number of likely N-dealkylation sites (tertiary alicyclic amines) is 1. The zero-order chi connectivity index (χ0) is 20.6. The van der Waals surface area contributed by atoms with Gasteiger partial charge in [-0.05, 0) is 35.4 Å². The smallest absolute Gasteiger partial charge is 0.222 e. The third-order valence-corrected chi connectivity index (χ3v) is 5.75. The predicted octanol–water partition coefficient (Wildman–Crippen LogP) is 0.676. The molecule has 0 unspecified atom stereocenters. The Bertz CT molecular complexity index is 792. The highest BCUT2D eigenvalue weighted by Crippen LogP contribution is 2.14. The maximum absolute atomic E-state index is 12.5. The minimum Gasteiger partial charge on any atom is -0.379 e. The first kappa shape index (κ1) is 20.9. The molecule has 1 aromatic heterocycles. The summed E-state index contributed by atoms with van der Waals surface area (Å²) in [5.41, 5.74) is 1.32. The summed E-state index contributed by atoms with van der Waals surface area (Å²) < 4.78 is 7.13. The second-order valence-electron chi connectivity index (χ2n) is 8.08. The van der Waals surface area contributed by atoms with Crippen LogP contribution in [-0.2, 0) is 29.2 Å². The largest absolute Gasteiger partial charge is 0.379 e. The topological polar surface area (TPSA) is 88.4 Å². The average molecular weight is 414 g/mol. The lowest BCUT2D eigenvalue weighted by Crippen LogP contribution is -2.47. The molecule has 2 aliphatic heterocycles. The van der Waals surface area contributed by atoms with Gasteiger partial charge in [0.1, 0.15) is 0 Å². The molecule has 3 heterocycles. The third-order valence-electron chi connectivity index (χ3n) is 5.75. The number of hydrogen-bond donors (Lipinski definition) is 1. The minimum atomic E-state index is 0.0642. The molecular weight excluding hydrogens is 382 g/mol. The fourth-order valence-corrected chi connectivity index (χ4v) is 4.14. The zero-order valence-corrected chi connectivity index (χ0v) is 17.4. The lowest BCUT2D eigenvalue weighted by Gasteiger charge is -2.33. The minimum absolute atomic E-state index is 0.0642. The lowest BCUT2D eigenvalue weighted by molar-refractivity contribution is -0.122. The highest BCUT2D eigenvalue weighted by atomic mass is 16.5. The molecule has 1 aromatic carbocycles. The van der Waals surface area contributed by atoms with Crippen LogP contribution in [0, 0.1) is 0 Å². The molecule has 1 N–H and O–H groups in total. The van der Waals surface area contributed by atoms with E-state index in [1.165, 1.54) is 5.56 Å². The molecule has 0 saturated carbocycles. The van der Waals surface area contributed by atoms with E-state index in [0.29, 0.717) is 19.5 Å². The van der Waals surface area contributed by atoms with Crippen molar-refractivity contribution in [2.75, 3.05) is 39.4 Å². The van der Waals surface area contributed by atoms with Crippen LogP contribution in [0.1, 0.15) is 30.7 Å². The normalized spacial score (nSPS) is 20.9. The van der Waals surface area contributed by atoms with Crippen molar-refractivity contribution >= 4 is 5.91 Å². The number of aromatic nitrogens is 4. The van der Waals surface area contributed by atoms with Crippen LogP contribution in [0.2, 0.25) is 0 Å². The summed E-state index contributed by atoms with van der Waals surface area (Å²) in [6.45, 7) is 7.35. The molecule has 0 spiro atoms. The molecule has 2 aliphatic rings. The number of hydrogen-bond acceptors (Lipinski definition) is 7. The molecule has 2 fully saturated rings. The molecular formula is C21H31N7O2. The number of aryl methyl sites for hydroxylation is 1. The van der Waals surface area contributed by atoms with Gasteiger partial charge >= 0.3 is 0 Å². The van der Waals surface area contributed by atoms with E-state index in [-0.39, 0.29) is 11.9 Å². The Kier molecular flexibility index (Phi) is 7.39. The highest BCUT2D eigenvalue weighted by molar-refractivity contribution is 5.76. The van der Waals surface area contributed by atoms with Gasteiger partial charge in [0.05, 0.1) is 26.3 Å². The van der Waals surface area contributed by atoms with Gasteiger partial charge in [0.2, 0.25) is 5.91 Å². The van der Waals surface area contributed by atoms with E-state index in [1.54, 1.807) is 4.68 Å². The van der Waals surface area contributed by atoms with Gasteiger partial charge in [-0.25, -0.2) is 4.68 Å². The monoisotopic (exact) mass is 413 g/mol. The van der Waals surface area contributed by atoms with Crippen LogP contribution < -0.4 is 5.32 Å². The Balaban J connectivity index is 1.22. The summed E-state index contributed by atoms with van der Waals surface area (Å²) in [6, 6.07) is 10.7. The number of morpholine rings is 1. The summed E-state index contributed by atoms with van der Waals surface area (Å²) in [6.07, 6.45) is 2.52. The molecule has 1 atom stereocenters. The van der Waals surface area contributed by atoms with Crippen LogP contribution in [0.4, 0.5) is 0 Å². The van der Waals surface area contributed by atoms with E-state index in [2.05, 4.69) is 54.9 Å². The lowest BCUT2D eigenvalue weighted by atomic mass is 10.0. The SMILES string of the molecule is O=C(CCn1nnnc1CN1CCOCC1)N[C@H]1CCCN(Cc2ccccc2)C1. The number of carbonyl (C=O) groups excluding carboxylic acids is 1. The van der Waals surface area contributed by atoms with Gasteiger partial charge in [-0.1, -0.05) is 30.3 Å². The Hall–Kier alpha value is -2.36. The Morgan fingerprint density at radius 3 is 2.77 bits per heavy atom. The Morgan fingerprint density at radius 2 is 1.93 bits per heavy atom.